The number of hydrogen-bond acceptors (Lipinski definition) is 7. The lowest BCUT2D eigenvalue weighted by Crippen LogP contribution is -2.25. The van der Waals surface area contributed by atoms with Crippen LogP contribution >= 0.6 is 0 Å². The molecule has 1 saturated heterocycles. The highest BCUT2D eigenvalue weighted by Gasteiger charge is 2.20. The van der Waals surface area contributed by atoms with Crippen molar-refractivity contribution in [3.8, 4) is 6.01 Å². The molecule has 18 heavy (non-hydrogen) atoms. The first-order valence-electron chi connectivity index (χ1n) is 6.23. The van der Waals surface area contributed by atoms with Crippen molar-refractivity contribution >= 4 is 11.9 Å². The van der Waals surface area contributed by atoms with Crippen LogP contribution in [0.2, 0.25) is 0 Å². The summed E-state index contributed by atoms with van der Waals surface area (Å²) in [6.07, 6.45) is 1.10. The molecule has 2 heterocycles. The average molecular weight is 252 g/mol. The molecule has 7 nitrogen and oxygen atoms in total. The van der Waals surface area contributed by atoms with Crippen LogP contribution in [0.4, 0.5) is 11.9 Å². The molecule has 0 bridgehead atoms. The van der Waals surface area contributed by atoms with Gasteiger partial charge in [0.1, 0.15) is 0 Å². The molecule has 2 rings (SSSR count). The Kier molecular flexibility index (Phi) is 4.14. The van der Waals surface area contributed by atoms with Gasteiger partial charge in [0.05, 0.1) is 6.61 Å². The fourth-order valence-corrected chi connectivity index (χ4v) is 1.96. The van der Waals surface area contributed by atoms with E-state index in [1.54, 1.807) is 7.05 Å². The predicted octanol–water partition coefficient (Wildman–Crippen LogP) is 0.428. The van der Waals surface area contributed by atoms with E-state index in [-0.39, 0.29) is 0 Å². The van der Waals surface area contributed by atoms with E-state index in [0.29, 0.717) is 30.6 Å². The van der Waals surface area contributed by atoms with Crippen molar-refractivity contribution in [1.82, 2.24) is 19.9 Å². The van der Waals surface area contributed by atoms with Crippen LogP contribution in [0.15, 0.2) is 0 Å². The predicted molar refractivity (Wildman–Crippen MR) is 70.1 cm³/mol. The molecule has 7 heteroatoms. The van der Waals surface area contributed by atoms with Gasteiger partial charge in [-0.2, -0.15) is 15.0 Å². The van der Waals surface area contributed by atoms with Gasteiger partial charge in [-0.15, -0.1) is 0 Å². The zero-order valence-electron chi connectivity index (χ0n) is 11.1. The Morgan fingerprint density at radius 3 is 2.72 bits per heavy atom. The van der Waals surface area contributed by atoms with Crippen LogP contribution in [-0.4, -0.2) is 59.7 Å². The van der Waals surface area contributed by atoms with Gasteiger partial charge in [0.2, 0.25) is 11.9 Å². The van der Waals surface area contributed by atoms with Crippen molar-refractivity contribution in [2.24, 2.45) is 0 Å². The number of likely N-dealkylation sites (tertiary alicyclic amines) is 1. The Balaban J connectivity index is 2.08. The summed E-state index contributed by atoms with van der Waals surface area (Å²) in [6, 6.07) is 0.738. The number of aromatic nitrogens is 3. The average Bonchev–Trinajstić information content (AvgIpc) is 2.75. The minimum absolute atomic E-state index is 0.353. The Bertz CT molecular complexity index is 399. The van der Waals surface area contributed by atoms with Crippen LogP contribution in [0.5, 0.6) is 6.01 Å². The summed E-state index contributed by atoms with van der Waals surface area (Å²) >= 11 is 0. The van der Waals surface area contributed by atoms with E-state index in [9.17, 15) is 0 Å². The van der Waals surface area contributed by atoms with E-state index >= 15 is 0 Å². The largest absolute Gasteiger partial charge is 0.464 e. The van der Waals surface area contributed by atoms with E-state index in [2.05, 4.69) is 37.5 Å². The topological polar surface area (TPSA) is 75.2 Å². The molecular formula is C11H20N6O. The minimum Gasteiger partial charge on any atom is -0.464 e. The summed E-state index contributed by atoms with van der Waals surface area (Å²) in [5, 5.41) is 6.23. The van der Waals surface area contributed by atoms with Crippen LogP contribution in [0, 0.1) is 0 Å². The second kappa shape index (κ2) is 5.81. The van der Waals surface area contributed by atoms with E-state index in [1.807, 2.05) is 6.92 Å². The van der Waals surface area contributed by atoms with E-state index < -0.39 is 0 Å². The van der Waals surface area contributed by atoms with Gasteiger partial charge in [-0.05, 0) is 26.9 Å². The maximum absolute atomic E-state index is 5.32. The Hall–Kier alpha value is -1.63. The van der Waals surface area contributed by atoms with Crippen LogP contribution in [-0.2, 0) is 0 Å². The van der Waals surface area contributed by atoms with Crippen molar-refractivity contribution < 1.29 is 4.74 Å². The first-order chi connectivity index (χ1) is 8.71. The molecule has 2 N–H and O–H groups in total. The molecule has 0 aliphatic carbocycles. The highest BCUT2D eigenvalue weighted by Crippen LogP contribution is 2.15. The minimum atomic E-state index is 0.353. The third-order valence-corrected chi connectivity index (χ3v) is 2.84. The molecule has 0 amide bonds. The van der Waals surface area contributed by atoms with Gasteiger partial charge in [-0.3, -0.25) is 0 Å². The number of nitrogens with one attached hydrogen (secondary N) is 2. The van der Waals surface area contributed by atoms with Crippen molar-refractivity contribution in [3.63, 3.8) is 0 Å². The molecule has 1 unspecified atom stereocenters. The first kappa shape index (κ1) is 12.8. The van der Waals surface area contributed by atoms with Crippen molar-refractivity contribution in [2.75, 3.05) is 44.4 Å². The third-order valence-electron chi connectivity index (χ3n) is 2.84. The molecule has 100 valence electrons. The Morgan fingerprint density at radius 1 is 1.33 bits per heavy atom. The lowest BCUT2D eigenvalue weighted by Gasteiger charge is -2.13. The number of likely N-dealkylation sites (N-methyl/N-ethyl adjacent to an activating group) is 1. The standard InChI is InChI=1S/C11H20N6O/c1-4-18-11-15-9(12-2)14-10(16-11)13-8-5-6-17(3)7-8/h8H,4-7H2,1-3H3,(H2,12,13,14,15,16). The second-order valence-electron chi connectivity index (χ2n) is 4.34. The maximum atomic E-state index is 5.32. The molecule has 1 aliphatic rings. The summed E-state index contributed by atoms with van der Waals surface area (Å²) in [5.41, 5.74) is 0. The van der Waals surface area contributed by atoms with E-state index in [0.717, 1.165) is 19.5 Å². The number of rotatable bonds is 5. The highest BCUT2D eigenvalue weighted by atomic mass is 16.5. The summed E-state index contributed by atoms with van der Waals surface area (Å²) in [7, 11) is 3.89. The van der Waals surface area contributed by atoms with Gasteiger partial charge in [-0.25, -0.2) is 0 Å². The normalized spacial score (nSPS) is 19.8. The monoisotopic (exact) mass is 252 g/mol. The molecule has 0 aromatic carbocycles. The number of nitrogens with zero attached hydrogens (tertiary/aromatic N) is 4. The smallest absolute Gasteiger partial charge is 0.323 e. The molecular weight excluding hydrogens is 232 g/mol. The molecule has 0 spiro atoms. The summed E-state index contributed by atoms with van der Waals surface area (Å²) in [4.78, 5) is 14.9. The Morgan fingerprint density at radius 2 is 2.11 bits per heavy atom. The fraction of sp³-hybridized carbons (Fsp3) is 0.727. The first-order valence-corrected chi connectivity index (χ1v) is 6.23. The number of anilines is 2. The van der Waals surface area contributed by atoms with Gasteiger partial charge < -0.3 is 20.3 Å². The number of hydrogen-bond donors (Lipinski definition) is 2. The second-order valence-corrected chi connectivity index (χ2v) is 4.34. The Labute approximate surface area is 107 Å². The molecule has 1 aromatic heterocycles. The van der Waals surface area contributed by atoms with E-state index in [1.165, 1.54) is 0 Å². The van der Waals surface area contributed by atoms with Crippen LogP contribution in [0.3, 0.4) is 0 Å². The third kappa shape index (κ3) is 3.19. The summed E-state index contributed by atoms with van der Waals surface area (Å²) in [6.45, 7) is 4.55. The van der Waals surface area contributed by atoms with Crippen molar-refractivity contribution in [1.29, 1.82) is 0 Å². The van der Waals surface area contributed by atoms with Crippen molar-refractivity contribution in [2.45, 2.75) is 19.4 Å². The van der Waals surface area contributed by atoms with E-state index in [4.69, 9.17) is 4.74 Å². The van der Waals surface area contributed by atoms with Crippen LogP contribution in [0.25, 0.3) is 0 Å². The van der Waals surface area contributed by atoms with Crippen LogP contribution < -0.4 is 15.4 Å². The highest BCUT2D eigenvalue weighted by molar-refractivity contribution is 5.36. The maximum Gasteiger partial charge on any atom is 0.323 e. The van der Waals surface area contributed by atoms with Crippen LogP contribution in [0.1, 0.15) is 13.3 Å². The zero-order valence-corrected chi connectivity index (χ0v) is 11.1. The molecule has 0 saturated carbocycles. The zero-order chi connectivity index (χ0) is 13.0. The van der Waals surface area contributed by atoms with Gasteiger partial charge in [0, 0.05) is 19.6 Å². The molecule has 1 aromatic rings. The lowest BCUT2D eigenvalue weighted by atomic mass is 10.3. The molecule has 1 fully saturated rings. The molecule has 0 radical (unpaired) electrons. The molecule has 1 aliphatic heterocycles. The summed E-state index contributed by atoms with van der Waals surface area (Å²) in [5.74, 6) is 1.08. The van der Waals surface area contributed by atoms with Gasteiger partial charge in [0.15, 0.2) is 0 Å². The quantitative estimate of drug-likeness (QED) is 0.787. The van der Waals surface area contributed by atoms with Crippen molar-refractivity contribution in [3.05, 3.63) is 0 Å². The lowest BCUT2D eigenvalue weighted by molar-refractivity contribution is 0.312. The number of ether oxygens (including phenoxy) is 1. The summed E-state index contributed by atoms with van der Waals surface area (Å²) < 4.78 is 5.32. The van der Waals surface area contributed by atoms with Gasteiger partial charge in [-0.1, -0.05) is 0 Å². The fourth-order valence-electron chi connectivity index (χ4n) is 1.96. The van der Waals surface area contributed by atoms with Gasteiger partial charge in [0.25, 0.3) is 0 Å². The van der Waals surface area contributed by atoms with Gasteiger partial charge >= 0.3 is 6.01 Å². The molecule has 1 atom stereocenters. The SMILES string of the molecule is CCOc1nc(NC)nc(NC2CCN(C)C2)n1.